The van der Waals surface area contributed by atoms with E-state index >= 15 is 0 Å². The molecule has 9 nitrogen and oxygen atoms in total. The summed E-state index contributed by atoms with van der Waals surface area (Å²) < 4.78 is 61.0. The van der Waals surface area contributed by atoms with Crippen LogP contribution in [0, 0.1) is 0 Å². The normalized spacial score (nSPS) is 22.9. The Morgan fingerprint density at radius 3 is 2.54 bits per heavy atom. The molecule has 0 amide bonds. The molecular weight excluding hydrogens is 398 g/mol. The van der Waals surface area contributed by atoms with Gasteiger partial charge in [0.05, 0.1) is 24.1 Å². The minimum atomic E-state index is -3.65. The van der Waals surface area contributed by atoms with Crippen molar-refractivity contribution in [2.45, 2.75) is 11.3 Å². The first kappa shape index (κ1) is 18.2. The van der Waals surface area contributed by atoms with E-state index in [1.165, 1.54) is 8.61 Å². The van der Waals surface area contributed by atoms with E-state index in [0.717, 1.165) is 11.7 Å². The second-order valence-corrected chi connectivity index (χ2v) is 10.9. The van der Waals surface area contributed by atoms with Gasteiger partial charge in [0, 0.05) is 32.7 Å². The maximum atomic E-state index is 13.0. The van der Waals surface area contributed by atoms with Gasteiger partial charge in [-0.25, -0.2) is 16.8 Å². The van der Waals surface area contributed by atoms with Gasteiger partial charge in [-0.15, -0.1) is 0 Å². The lowest BCUT2D eigenvalue weighted by Gasteiger charge is -2.35. The van der Waals surface area contributed by atoms with E-state index in [2.05, 4.69) is 8.75 Å². The molecular formula is C14H19N5O4S3. The van der Waals surface area contributed by atoms with Crippen LogP contribution in [0.2, 0.25) is 0 Å². The fourth-order valence-corrected chi connectivity index (χ4v) is 6.99. The van der Waals surface area contributed by atoms with Crippen molar-refractivity contribution in [3.05, 3.63) is 18.2 Å². The van der Waals surface area contributed by atoms with Crippen LogP contribution in [0.15, 0.2) is 23.1 Å². The van der Waals surface area contributed by atoms with Crippen LogP contribution in [0.25, 0.3) is 11.0 Å². The standard InChI is InChI=1S/C14H19N5O4S3/c20-25(21)10-2-5-19(25)11-17-6-8-18(9-7-17)26(22,23)13-4-1-3-12-14(13)16-24-15-12/h1,3-4H,2,5-11H2. The molecule has 0 atom stereocenters. The summed E-state index contributed by atoms with van der Waals surface area (Å²) in [6.45, 7) is 2.52. The highest BCUT2D eigenvalue weighted by Gasteiger charge is 2.34. The summed E-state index contributed by atoms with van der Waals surface area (Å²) in [6.07, 6.45) is 0.655. The predicted molar refractivity (Wildman–Crippen MR) is 97.7 cm³/mol. The summed E-state index contributed by atoms with van der Waals surface area (Å²) in [4.78, 5) is 2.17. The average molecular weight is 418 g/mol. The lowest BCUT2D eigenvalue weighted by Crippen LogP contribution is -2.51. The van der Waals surface area contributed by atoms with Crippen molar-refractivity contribution in [1.82, 2.24) is 22.3 Å². The Balaban J connectivity index is 1.47. The first-order chi connectivity index (χ1) is 12.4. The lowest BCUT2D eigenvalue weighted by molar-refractivity contribution is 0.145. The highest BCUT2D eigenvalue weighted by molar-refractivity contribution is 7.89. The zero-order chi connectivity index (χ0) is 18.4. The third-order valence-electron chi connectivity index (χ3n) is 4.76. The number of fused-ring (bicyclic) bond motifs is 1. The average Bonchev–Trinajstić information content (AvgIpc) is 3.21. The zero-order valence-corrected chi connectivity index (χ0v) is 16.4. The molecule has 1 aromatic carbocycles. The van der Waals surface area contributed by atoms with Gasteiger partial charge >= 0.3 is 0 Å². The summed E-state index contributed by atoms with van der Waals surface area (Å²) in [5.74, 6) is 0.201. The van der Waals surface area contributed by atoms with Crippen molar-refractivity contribution in [2.75, 3.05) is 45.1 Å². The first-order valence-electron chi connectivity index (χ1n) is 8.29. The van der Waals surface area contributed by atoms with E-state index in [-0.39, 0.29) is 10.6 Å². The topological polar surface area (TPSA) is 104 Å². The molecule has 142 valence electrons. The van der Waals surface area contributed by atoms with Crippen molar-refractivity contribution in [2.24, 2.45) is 0 Å². The molecule has 0 radical (unpaired) electrons. The van der Waals surface area contributed by atoms with Gasteiger partial charge < -0.3 is 0 Å². The van der Waals surface area contributed by atoms with Crippen LogP contribution in [0.5, 0.6) is 0 Å². The molecule has 2 fully saturated rings. The molecule has 0 N–H and O–H groups in total. The second-order valence-electron chi connectivity index (χ2n) is 6.40. The van der Waals surface area contributed by atoms with Crippen molar-refractivity contribution in [1.29, 1.82) is 0 Å². The number of aromatic nitrogens is 2. The van der Waals surface area contributed by atoms with Crippen molar-refractivity contribution in [3.8, 4) is 0 Å². The van der Waals surface area contributed by atoms with E-state index in [9.17, 15) is 16.8 Å². The molecule has 3 heterocycles. The number of rotatable bonds is 4. The smallest absolute Gasteiger partial charge is 0.245 e. The van der Waals surface area contributed by atoms with E-state index in [0.29, 0.717) is 56.8 Å². The highest BCUT2D eigenvalue weighted by Crippen LogP contribution is 2.25. The molecule has 4 rings (SSSR count). The number of sulfonamides is 2. The molecule has 0 unspecified atom stereocenters. The van der Waals surface area contributed by atoms with Gasteiger partial charge in [-0.2, -0.15) is 17.4 Å². The number of benzene rings is 1. The molecule has 1 aromatic heterocycles. The van der Waals surface area contributed by atoms with Gasteiger partial charge in [0.15, 0.2) is 0 Å². The van der Waals surface area contributed by atoms with Gasteiger partial charge in [-0.05, 0) is 18.6 Å². The third kappa shape index (κ3) is 3.25. The summed E-state index contributed by atoms with van der Waals surface area (Å²) >= 11 is 0.994. The molecule has 26 heavy (non-hydrogen) atoms. The number of nitrogens with zero attached hydrogens (tertiary/aromatic N) is 5. The Labute approximate surface area is 156 Å². The van der Waals surface area contributed by atoms with Gasteiger partial charge in [0.1, 0.15) is 15.9 Å². The maximum Gasteiger partial charge on any atom is 0.245 e. The minimum Gasteiger partial charge on any atom is -0.287 e. The van der Waals surface area contributed by atoms with Crippen LogP contribution < -0.4 is 0 Å². The monoisotopic (exact) mass is 417 g/mol. The summed E-state index contributed by atoms with van der Waals surface area (Å²) in [6, 6.07) is 4.97. The van der Waals surface area contributed by atoms with Crippen LogP contribution in [-0.4, -0.2) is 84.2 Å². The summed E-state index contributed by atoms with van der Waals surface area (Å²) in [7, 11) is -6.80. The molecule has 0 spiro atoms. The number of piperazine rings is 1. The zero-order valence-electron chi connectivity index (χ0n) is 14.0. The second kappa shape index (κ2) is 6.77. The van der Waals surface area contributed by atoms with E-state index < -0.39 is 20.0 Å². The van der Waals surface area contributed by atoms with E-state index in [4.69, 9.17) is 0 Å². The summed E-state index contributed by atoms with van der Waals surface area (Å²) in [5.41, 5.74) is 0.983. The lowest BCUT2D eigenvalue weighted by atomic mass is 10.3. The highest BCUT2D eigenvalue weighted by atomic mass is 32.2. The van der Waals surface area contributed by atoms with Gasteiger partial charge in [-0.1, -0.05) is 6.07 Å². The van der Waals surface area contributed by atoms with Crippen LogP contribution in [0.1, 0.15) is 6.42 Å². The largest absolute Gasteiger partial charge is 0.287 e. The molecule has 0 bridgehead atoms. The molecule has 0 saturated carbocycles. The van der Waals surface area contributed by atoms with Gasteiger partial charge in [0.25, 0.3) is 0 Å². The Morgan fingerprint density at radius 1 is 1.08 bits per heavy atom. The Morgan fingerprint density at radius 2 is 1.85 bits per heavy atom. The fourth-order valence-electron chi connectivity index (χ4n) is 3.31. The maximum absolute atomic E-state index is 13.0. The van der Waals surface area contributed by atoms with Crippen molar-refractivity contribution in [3.63, 3.8) is 0 Å². The van der Waals surface area contributed by atoms with Crippen molar-refractivity contribution >= 4 is 42.8 Å². The third-order valence-corrected chi connectivity index (χ3v) is 9.12. The molecule has 0 aliphatic carbocycles. The van der Waals surface area contributed by atoms with Crippen LogP contribution in [0.4, 0.5) is 0 Å². The van der Waals surface area contributed by atoms with Crippen LogP contribution >= 0.6 is 11.7 Å². The van der Waals surface area contributed by atoms with E-state index in [1.54, 1.807) is 18.2 Å². The van der Waals surface area contributed by atoms with Gasteiger partial charge in [-0.3, -0.25) is 4.90 Å². The molecule has 12 heteroatoms. The first-order valence-corrected chi connectivity index (χ1v) is 12.1. The number of hydrogen-bond donors (Lipinski definition) is 0. The minimum absolute atomic E-state index is 0.180. The van der Waals surface area contributed by atoms with Crippen LogP contribution in [-0.2, 0) is 20.0 Å². The number of hydrogen-bond acceptors (Lipinski definition) is 8. The fraction of sp³-hybridized carbons (Fsp3) is 0.571. The predicted octanol–water partition coefficient (Wildman–Crippen LogP) is -0.00940. The Kier molecular flexibility index (Phi) is 4.73. The van der Waals surface area contributed by atoms with Crippen molar-refractivity contribution < 1.29 is 16.8 Å². The Hall–Kier alpha value is -1.18. The quantitative estimate of drug-likeness (QED) is 0.689. The molecule has 2 aliphatic rings. The van der Waals surface area contributed by atoms with Crippen LogP contribution in [0.3, 0.4) is 0 Å². The molecule has 2 saturated heterocycles. The van der Waals surface area contributed by atoms with E-state index in [1.807, 2.05) is 4.90 Å². The van der Waals surface area contributed by atoms with Gasteiger partial charge in [0.2, 0.25) is 20.0 Å². The molecule has 2 aromatic rings. The molecule has 2 aliphatic heterocycles. The SMILES string of the molecule is O=S1(=O)CCCN1CN1CCN(S(=O)(=O)c2cccc3nsnc23)CC1. The summed E-state index contributed by atoms with van der Waals surface area (Å²) in [5, 5.41) is 0. The Bertz CT molecular complexity index is 1010.